The smallest absolute Gasteiger partial charge is 0.319 e. The Morgan fingerprint density at radius 2 is 1.85 bits per heavy atom. The molecule has 1 saturated heterocycles. The normalized spacial score (nSPS) is 17.2. The number of hydrogen-bond donors (Lipinski definition) is 2. The average molecular weight is 363 g/mol. The standard InChI is InChI=1S/C19H29N3O4/c1-6-25-15-9-8-13(10-16(15)26-7-2)20-18(24)21-14-11-17(23)22(12-14)19(3,4)5/h8-10,14H,6-7,11-12H2,1-5H3,(H2,20,21,24). The summed E-state index contributed by atoms with van der Waals surface area (Å²) in [6, 6.07) is 4.72. The van der Waals surface area contributed by atoms with Gasteiger partial charge >= 0.3 is 6.03 Å². The molecule has 2 rings (SSSR count). The maximum atomic E-state index is 12.3. The predicted octanol–water partition coefficient (Wildman–Crippen LogP) is 3.00. The van der Waals surface area contributed by atoms with Gasteiger partial charge in [-0.3, -0.25) is 4.79 Å². The van der Waals surface area contributed by atoms with E-state index in [9.17, 15) is 9.59 Å². The lowest BCUT2D eigenvalue weighted by Gasteiger charge is -2.32. The van der Waals surface area contributed by atoms with Crippen LogP contribution in [0.4, 0.5) is 10.5 Å². The molecule has 1 aromatic carbocycles. The Morgan fingerprint density at radius 3 is 2.42 bits per heavy atom. The molecule has 26 heavy (non-hydrogen) atoms. The van der Waals surface area contributed by atoms with E-state index in [-0.39, 0.29) is 23.5 Å². The van der Waals surface area contributed by atoms with Gasteiger partial charge in [-0.15, -0.1) is 0 Å². The number of hydrogen-bond acceptors (Lipinski definition) is 4. The maximum Gasteiger partial charge on any atom is 0.319 e. The maximum absolute atomic E-state index is 12.3. The van der Waals surface area contributed by atoms with Crippen molar-refractivity contribution in [3.05, 3.63) is 18.2 Å². The number of anilines is 1. The van der Waals surface area contributed by atoms with Crippen molar-refractivity contribution in [2.75, 3.05) is 25.1 Å². The van der Waals surface area contributed by atoms with Gasteiger partial charge in [0.05, 0.1) is 19.3 Å². The summed E-state index contributed by atoms with van der Waals surface area (Å²) in [5.41, 5.74) is 0.359. The van der Waals surface area contributed by atoms with Crippen molar-refractivity contribution in [1.29, 1.82) is 0 Å². The molecule has 0 radical (unpaired) electrons. The van der Waals surface area contributed by atoms with E-state index < -0.39 is 0 Å². The van der Waals surface area contributed by atoms with Crippen molar-refractivity contribution in [3.63, 3.8) is 0 Å². The number of carbonyl (C=O) groups excluding carboxylic acids is 2. The number of rotatable bonds is 6. The van der Waals surface area contributed by atoms with Crippen molar-refractivity contribution >= 4 is 17.6 Å². The Bertz CT molecular complexity index is 655. The second-order valence-corrected chi connectivity index (χ2v) is 7.20. The second-order valence-electron chi connectivity index (χ2n) is 7.20. The van der Waals surface area contributed by atoms with Crippen LogP contribution in [0.1, 0.15) is 41.0 Å². The highest BCUT2D eigenvalue weighted by Gasteiger charge is 2.36. The van der Waals surface area contributed by atoms with Crippen LogP contribution in [0.25, 0.3) is 0 Å². The molecule has 7 nitrogen and oxygen atoms in total. The monoisotopic (exact) mass is 363 g/mol. The van der Waals surface area contributed by atoms with E-state index in [0.29, 0.717) is 43.4 Å². The van der Waals surface area contributed by atoms with Crippen molar-refractivity contribution in [2.24, 2.45) is 0 Å². The molecular weight excluding hydrogens is 334 g/mol. The number of benzene rings is 1. The molecule has 0 aromatic heterocycles. The third-order valence-corrected chi connectivity index (χ3v) is 4.07. The van der Waals surface area contributed by atoms with Gasteiger partial charge in [0, 0.05) is 30.3 Å². The lowest BCUT2D eigenvalue weighted by Crippen LogP contribution is -2.45. The summed E-state index contributed by atoms with van der Waals surface area (Å²) in [6.45, 7) is 11.3. The lowest BCUT2D eigenvalue weighted by molar-refractivity contribution is -0.131. The molecule has 1 aromatic rings. The fourth-order valence-electron chi connectivity index (χ4n) is 2.93. The van der Waals surface area contributed by atoms with Crippen molar-refractivity contribution < 1.29 is 19.1 Å². The van der Waals surface area contributed by atoms with Crippen molar-refractivity contribution in [2.45, 2.75) is 52.6 Å². The van der Waals surface area contributed by atoms with Crippen molar-refractivity contribution in [3.8, 4) is 11.5 Å². The fourth-order valence-corrected chi connectivity index (χ4v) is 2.93. The van der Waals surface area contributed by atoms with Crippen LogP contribution in [0.3, 0.4) is 0 Å². The fraction of sp³-hybridized carbons (Fsp3) is 0.579. The molecule has 1 fully saturated rings. The van der Waals surface area contributed by atoms with Crippen LogP contribution in [0.2, 0.25) is 0 Å². The lowest BCUT2D eigenvalue weighted by atomic mass is 10.1. The molecule has 1 aliphatic heterocycles. The van der Waals surface area contributed by atoms with Gasteiger partial charge in [-0.25, -0.2) is 4.79 Å². The summed E-state index contributed by atoms with van der Waals surface area (Å²) in [5.74, 6) is 1.28. The molecule has 0 bridgehead atoms. The van der Waals surface area contributed by atoms with Gasteiger partial charge in [0.2, 0.25) is 5.91 Å². The quantitative estimate of drug-likeness (QED) is 0.814. The Balaban J connectivity index is 1.98. The molecule has 1 heterocycles. The molecule has 0 aliphatic carbocycles. The summed E-state index contributed by atoms with van der Waals surface area (Å²) < 4.78 is 11.1. The first-order chi connectivity index (χ1) is 12.2. The third-order valence-electron chi connectivity index (χ3n) is 4.07. The van der Waals surface area contributed by atoms with Gasteiger partial charge in [-0.1, -0.05) is 0 Å². The zero-order valence-corrected chi connectivity index (χ0v) is 16.2. The predicted molar refractivity (Wildman–Crippen MR) is 101 cm³/mol. The highest BCUT2D eigenvalue weighted by atomic mass is 16.5. The van der Waals surface area contributed by atoms with Crippen LogP contribution in [0.5, 0.6) is 11.5 Å². The van der Waals surface area contributed by atoms with E-state index in [4.69, 9.17) is 9.47 Å². The Morgan fingerprint density at radius 1 is 1.19 bits per heavy atom. The zero-order chi connectivity index (χ0) is 19.3. The Kier molecular flexibility index (Phi) is 6.34. The number of nitrogens with one attached hydrogen (secondary N) is 2. The Labute approximate surface area is 155 Å². The third kappa shape index (κ3) is 5.03. The minimum atomic E-state index is -0.342. The van der Waals surface area contributed by atoms with Gasteiger partial charge in [0.25, 0.3) is 0 Å². The first kappa shape index (κ1) is 19.9. The van der Waals surface area contributed by atoms with Gasteiger partial charge < -0.3 is 25.0 Å². The molecule has 0 saturated carbocycles. The zero-order valence-electron chi connectivity index (χ0n) is 16.2. The van der Waals surface area contributed by atoms with Crippen LogP contribution < -0.4 is 20.1 Å². The van der Waals surface area contributed by atoms with Gasteiger partial charge in [-0.2, -0.15) is 0 Å². The molecule has 0 spiro atoms. The number of nitrogens with zero attached hydrogens (tertiary/aromatic N) is 1. The molecule has 3 amide bonds. The highest BCUT2D eigenvalue weighted by Crippen LogP contribution is 2.30. The molecule has 1 unspecified atom stereocenters. The number of carbonyl (C=O) groups is 2. The minimum Gasteiger partial charge on any atom is -0.490 e. The summed E-state index contributed by atoms with van der Waals surface area (Å²) in [4.78, 5) is 26.2. The van der Waals surface area contributed by atoms with Gasteiger partial charge in [0.1, 0.15) is 0 Å². The second kappa shape index (κ2) is 8.29. The molecular formula is C19H29N3O4. The van der Waals surface area contributed by atoms with E-state index in [1.165, 1.54) is 0 Å². The highest BCUT2D eigenvalue weighted by molar-refractivity contribution is 5.91. The molecule has 1 atom stereocenters. The number of likely N-dealkylation sites (tertiary alicyclic amines) is 1. The van der Waals surface area contributed by atoms with E-state index in [1.54, 1.807) is 23.1 Å². The molecule has 7 heteroatoms. The molecule has 144 valence electrons. The summed E-state index contributed by atoms with van der Waals surface area (Å²) >= 11 is 0. The number of amides is 3. The SMILES string of the molecule is CCOc1ccc(NC(=O)NC2CC(=O)N(C(C)(C)C)C2)cc1OCC. The van der Waals surface area contributed by atoms with E-state index in [2.05, 4.69) is 10.6 Å². The number of ether oxygens (including phenoxy) is 2. The van der Waals surface area contributed by atoms with Crippen LogP contribution in [0.15, 0.2) is 18.2 Å². The van der Waals surface area contributed by atoms with Crippen LogP contribution in [-0.4, -0.2) is 48.2 Å². The van der Waals surface area contributed by atoms with E-state index >= 15 is 0 Å². The Hall–Kier alpha value is -2.44. The van der Waals surface area contributed by atoms with Crippen LogP contribution in [0, 0.1) is 0 Å². The van der Waals surface area contributed by atoms with Gasteiger partial charge in [0.15, 0.2) is 11.5 Å². The largest absolute Gasteiger partial charge is 0.490 e. The summed E-state index contributed by atoms with van der Waals surface area (Å²) in [6.07, 6.45) is 0.318. The van der Waals surface area contributed by atoms with Crippen LogP contribution >= 0.6 is 0 Å². The molecule has 2 N–H and O–H groups in total. The summed E-state index contributed by atoms with van der Waals surface area (Å²) in [7, 11) is 0. The van der Waals surface area contributed by atoms with Crippen molar-refractivity contribution in [1.82, 2.24) is 10.2 Å². The van der Waals surface area contributed by atoms with Gasteiger partial charge in [-0.05, 0) is 46.8 Å². The first-order valence-electron chi connectivity index (χ1n) is 9.02. The summed E-state index contributed by atoms with van der Waals surface area (Å²) in [5, 5.41) is 5.66. The van der Waals surface area contributed by atoms with E-state index in [0.717, 1.165) is 0 Å². The topological polar surface area (TPSA) is 79.9 Å². The average Bonchev–Trinajstić information content (AvgIpc) is 2.91. The number of urea groups is 1. The van der Waals surface area contributed by atoms with Crippen LogP contribution in [-0.2, 0) is 4.79 Å². The molecule has 1 aliphatic rings. The minimum absolute atomic E-state index is 0.0579. The van der Waals surface area contributed by atoms with E-state index in [1.807, 2.05) is 34.6 Å². The first-order valence-corrected chi connectivity index (χ1v) is 9.02.